The summed E-state index contributed by atoms with van der Waals surface area (Å²) in [6.45, 7) is 1.38. The van der Waals surface area contributed by atoms with Crippen molar-refractivity contribution < 1.29 is 23.9 Å². The smallest absolute Gasteiger partial charge is 0.329 e. The standard InChI is InChI=1S/C16H22N2O5S/c1-10(19)11-4-5-14(22-2)12(8-11)9-23-15(20)13(6-7-24-3)18-16(17)21/h4-5,8,13H,6-7,9H2,1-3H3,(H3,17,18,21)/t13-/m1/s1. The van der Waals surface area contributed by atoms with E-state index in [2.05, 4.69) is 5.32 Å². The first-order chi connectivity index (χ1) is 11.4. The molecule has 0 spiro atoms. The molecule has 0 bridgehead atoms. The van der Waals surface area contributed by atoms with Gasteiger partial charge >= 0.3 is 12.0 Å². The number of ether oxygens (including phenoxy) is 2. The largest absolute Gasteiger partial charge is 0.496 e. The predicted molar refractivity (Wildman–Crippen MR) is 92.3 cm³/mol. The van der Waals surface area contributed by atoms with Crippen LogP contribution >= 0.6 is 11.8 Å². The number of thioether (sulfide) groups is 1. The fourth-order valence-corrected chi connectivity index (χ4v) is 2.49. The molecule has 1 aromatic carbocycles. The van der Waals surface area contributed by atoms with Crippen LogP contribution in [0.5, 0.6) is 5.75 Å². The highest BCUT2D eigenvalue weighted by Gasteiger charge is 2.21. The lowest BCUT2D eigenvalue weighted by Crippen LogP contribution is -2.44. The van der Waals surface area contributed by atoms with Gasteiger partial charge in [0.05, 0.1) is 7.11 Å². The van der Waals surface area contributed by atoms with E-state index in [0.717, 1.165) is 0 Å². The minimum atomic E-state index is -0.808. The second-order valence-corrected chi connectivity index (χ2v) is 6.02. The van der Waals surface area contributed by atoms with Crippen LogP contribution in [0.15, 0.2) is 18.2 Å². The molecule has 24 heavy (non-hydrogen) atoms. The number of nitrogens with two attached hydrogens (primary N) is 1. The Morgan fingerprint density at radius 3 is 2.58 bits per heavy atom. The number of carbonyl (C=O) groups is 3. The van der Waals surface area contributed by atoms with Crippen LogP contribution in [-0.2, 0) is 16.1 Å². The maximum absolute atomic E-state index is 12.2. The van der Waals surface area contributed by atoms with Crippen molar-refractivity contribution in [2.24, 2.45) is 5.73 Å². The average Bonchev–Trinajstić information content (AvgIpc) is 2.55. The van der Waals surface area contributed by atoms with E-state index in [4.69, 9.17) is 15.2 Å². The Kier molecular flexibility index (Phi) is 8.11. The van der Waals surface area contributed by atoms with Gasteiger partial charge in [0.2, 0.25) is 0 Å². The van der Waals surface area contributed by atoms with Gasteiger partial charge in [-0.25, -0.2) is 9.59 Å². The first-order valence-corrected chi connectivity index (χ1v) is 8.67. The van der Waals surface area contributed by atoms with E-state index in [1.807, 2.05) is 6.26 Å². The molecule has 1 aromatic rings. The number of urea groups is 1. The monoisotopic (exact) mass is 354 g/mol. The fourth-order valence-electron chi connectivity index (χ4n) is 2.02. The third-order valence-electron chi connectivity index (χ3n) is 3.27. The van der Waals surface area contributed by atoms with Crippen LogP contribution in [0.2, 0.25) is 0 Å². The first kappa shape index (κ1) is 19.8. The van der Waals surface area contributed by atoms with Gasteiger partial charge in [-0.05, 0) is 43.6 Å². The van der Waals surface area contributed by atoms with Gasteiger partial charge in [0.1, 0.15) is 18.4 Å². The summed E-state index contributed by atoms with van der Waals surface area (Å²) in [6.07, 6.45) is 2.30. The number of carbonyl (C=O) groups excluding carboxylic acids is 3. The molecule has 3 N–H and O–H groups in total. The molecule has 0 fully saturated rings. The van der Waals surface area contributed by atoms with Gasteiger partial charge < -0.3 is 20.5 Å². The van der Waals surface area contributed by atoms with E-state index in [-0.39, 0.29) is 12.4 Å². The molecule has 7 nitrogen and oxygen atoms in total. The molecule has 132 valence electrons. The summed E-state index contributed by atoms with van der Waals surface area (Å²) in [6, 6.07) is 3.31. The zero-order chi connectivity index (χ0) is 18.1. The quantitative estimate of drug-likeness (QED) is 0.516. The van der Waals surface area contributed by atoms with E-state index < -0.39 is 18.0 Å². The van der Waals surface area contributed by atoms with Crippen LogP contribution in [-0.4, -0.2) is 42.9 Å². The minimum absolute atomic E-state index is 0.0701. The van der Waals surface area contributed by atoms with E-state index >= 15 is 0 Å². The second kappa shape index (κ2) is 9.82. The van der Waals surface area contributed by atoms with Crippen LogP contribution in [0.25, 0.3) is 0 Å². The molecule has 0 heterocycles. The Balaban J connectivity index is 2.81. The van der Waals surface area contributed by atoms with E-state index in [1.165, 1.54) is 14.0 Å². The zero-order valence-corrected chi connectivity index (χ0v) is 14.8. The molecular weight excluding hydrogens is 332 g/mol. The molecule has 0 unspecified atom stereocenters. The third kappa shape index (κ3) is 6.11. The second-order valence-electron chi connectivity index (χ2n) is 5.03. The Morgan fingerprint density at radius 1 is 1.33 bits per heavy atom. The Morgan fingerprint density at radius 2 is 2.04 bits per heavy atom. The highest BCUT2D eigenvalue weighted by atomic mass is 32.2. The topological polar surface area (TPSA) is 108 Å². The van der Waals surface area contributed by atoms with Gasteiger partial charge in [-0.15, -0.1) is 0 Å². The number of benzene rings is 1. The van der Waals surface area contributed by atoms with Gasteiger partial charge in [0.25, 0.3) is 0 Å². The average molecular weight is 354 g/mol. The lowest BCUT2D eigenvalue weighted by atomic mass is 10.1. The van der Waals surface area contributed by atoms with Crippen molar-refractivity contribution in [1.29, 1.82) is 0 Å². The molecule has 0 aliphatic heterocycles. The number of amides is 2. The summed E-state index contributed by atoms with van der Waals surface area (Å²) in [5.41, 5.74) is 6.15. The number of rotatable bonds is 9. The fraction of sp³-hybridized carbons (Fsp3) is 0.438. The predicted octanol–water partition coefficient (Wildman–Crippen LogP) is 1.73. The van der Waals surface area contributed by atoms with Crippen molar-refractivity contribution in [3.8, 4) is 5.75 Å². The van der Waals surface area contributed by atoms with Crippen molar-refractivity contribution in [1.82, 2.24) is 5.32 Å². The first-order valence-electron chi connectivity index (χ1n) is 7.28. The molecule has 0 saturated heterocycles. The lowest BCUT2D eigenvalue weighted by molar-refractivity contribution is -0.147. The highest BCUT2D eigenvalue weighted by molar-refractivity contribution is 7.98. The number of methoxy groups -OCH3 is 1. The summed E-state index contributed by atoms with van der Waals surface area (Å²) < 4.78 is 10.5. The van der Waals surface area contributed by atoms with Gasteiger partial charge in [0, 0.05) is 11.1 Å². The van der Waals surface area contributed by atoms with Crippen molar-refractivity contribution >= 4 is 29.5 Å². The van der Waals surface area contributed by atoms with E-state index in [9.17, 15) is 14.4 Å². The zero-order valence-electron chi connectivity index (χ0n) is 14.0. The highest BCUT2D eigenvalue weighted by Crippen LogP contribution is 2.21. The minimum Gasteiger partial charge on any atom is -0.496 e. The molecule has 0 aromatic heterocycles. The summed E-state index contributed by atoms with van der Waals surface area (Å²) in [4.78, 5) is 34.6. The molecule has 0 radical (unpaired) electrons. The van der Waals surface area contributed by atoms with Gasteiger partial charge in [-0.2, -0.15) is 11.8 Å². The van der Waals surface area contributed by atoms with Crippen LogP contribution < -0.4 is 15.8 Å². The molecule has 0 aliphatic carbocycles. The number of hydrogen-bond donors (Lipinski definition) is 2. The Bertz CT molecular complexity index is 606. The Labute approximate surface area is 145 Å². The van der Waals surface area contributed by atoms with Crippen molar-refractivity contribution in [3.63, 3.8) is 0 Å². The molecule has 2 amide bonds. The maximum atomic E-state index is 12.2. The normalized spacial score (nSPS) is 11.5. The number of ketones is 1. The van der Waals surface area contributed by atoms with Gasteiger partial charge in [0.15, 0.2) is 5.78 Å². The summed E-state index contributed by atoms with van der Waals surface area (Å²) >= 11 is 1.54. The molecule has 8 heteroatoms. The number of Topliss-reactive ketones (excluding diaryl/α,β-unsaturated/α-hetero) is 1. The SMILES string of the molecule is COc1ccc(C(C)=O)cc1COC(=O)[C@@H](CCSC)NC(N)=O. The number of hydrogen-bond acceptors (Lipinski definition) is 6. The lowest BCUT2D eigenvalue weighted by Gasteiger charge is -2.17. The van der Waals surface area contributed by atoms with Gasteiger partial charge in [-0.3, -0.25) is 4.79 Å². The molecule has 0 saturated carbocycles. The van der Waals surface area contributed by atoms with Crippen LogP contribution in [0, 0.1) is 0 Å². The molecule has 0 aliphatic rings. The van der Waals surface area contributed by atoms with Gasteiger partial charge in [-0.1, -0.05) is 0 Å². The van der Waals surface area contributed by atoms with Crippen molar-refractivity contribution in [2.45, 2.75) is 26.0 Å². The maximum Gasteiger partial charge on any atom is 0.329 e. The number of esters is 1. The third-order valence-corrected chi connectivity index (χ3v) is 3.91. The summed E-state index contributed by atoms with van der Waals surface area (Å²) in [5, 5.41) is 2.37. The summed E-state index contributed by atoms with van der Waals surface area (Å²) in [7, 11) is 1.49. The van der Waals surface area contributed by atoms with Crippen LogP contribution in [0.3, 0.4) is 0 Å². The van der Waals surface area contributed by atoms with Crippen molar-refractivity contribution in [3.05, 3.63) is 29.3 Å². The molecule has 1 rings (SSSR count). The Hall–Kier alpha value is -2.22. The van der Waals surface area contributed by atoms with Crippen LogP contribution in [0.4, 0.5) is 4.79 Å². The number of primary amides is 1. The molecule has 1 atom stereocenters. The number of nitrogens with one attached hydrogen (secondary N) is 1. The summed E-state index contributed by atoms with van der Waals surface area (Å²) in [5.74, 6) is 0.497. The van der Waals surface area contributed by atoms with E-state index in [0.29, 0.717) is 29.1 Å². The van der Waals surface area contributed by atoms with E-state index in [1.54, 1.807) is 30.0 Å². The van der Waals surface area contributed by atoms with Crippen molar-refractivity contribution in [2.75, 3.05) is 19.1 Å². The van der Waals surface area contributed by atoms with Crippen LogP contribution in [0.1, 0.15) is 29.3 Å². The molecular formula is C16H22N2O5S.